The molecule has 0 atom stereocenters. The molecule has 2 fully saturated rings. The number of nitrogens with one attached hydrogen (secondary N) is 1. The van der Waals surface area contributed by atoms with Crippen LogP contribution in [-0.2, 0) is 14.4 Å². The van der Waals surface area contributed by atoms with Crippen LogP contribution in [0.5, 0.6) is 17.2 Å². The van der Waals surface area contributed by atoms with E-state index >= 15 is 0 Å². The van der Waals surface area contributed by atoms with E-state index < -0.39 is 11.1 Å². The molecule has 4 amide bonds. The van der Waals surface area contributed by atoms with Crippen molar-refractivity contribution in [1.29, 1.82) is 0 Å². The lowest BCUT2D eigenvalue weighted by Crippen LogP contribution is -2.51. The summed E-state index contributed by atoms with van der Waals surface area (Å²) >= 11 is 0.783. The van der Waals surface area contributed by atoms with Crippen molar-refractivity contribution in [2.24, 2.45) is 0 Å². The smallest absolute Gasteiger partial charge is 0.294 e. The van der Waals surface area contributed by atoms with Crippen molar-refractivity contribution in [3.05, 3.63) is 83.3 Å². The number of methoxy groups -OCH3 is 2. The number of hydrogen-bond acceptors (Lipinski definition) is 9. The van der Waals surface area contributed by atoms with Crippen LogP contribution in [0.1, 0.15) is 5.56 Å². The summed E-state index contributed by atoms with van der Waals surface area (Å²) in [4.78, 5) is 56.3. The summed E-state index contributed by atoms with van der Waals surface area (Å²) in [5.41, 5.74) is 2.20. The average Bonchev–Trinajstić information content (AvgIpc) is 3.31. The number of ether oxygens (including phenoxy) is 3. The molecular weight excluding hydrogens is 584 g/mol. The summed E-state index contributed by atoms with van der Waals surface area (Å²) in [7, 11) is 2.98. The van der Waals surface area contributed by atoms with Crippen LogP contribution in [0.15, 0.2) is 77.7 Å². The molecule has 44 heavy (non-hydrogen) atoms. The fourth-order valence-corrected chi connectivity index (χ4v) is 5.68. The van der Waals surface area contributed by atoms with Crippen LogP contribution in [0, 0.1) is 0 Å². The van der Waals surface area contributed by atoms with Crippen LogP contribution in [-0.4, -0.2) is 86.3 Å². The van der Waals surface area contributed by atoms with E-state index in [-0.39, 0.29) is 29.9 Å². The second kappa shape index (κ2) is 14.0. The molecule has 1 N–H and O–H groups in total. The maximum Gasteiger partial charge on any atom is 0.294 e. The number of nitrogens with zero attached hydrogens (tertiary/aromatic N) is 3. The number of anilines is 2. The zero-order valence-corrected chi connectivity index (χ0v) is 25.2. The molecule has 2 heterocycles. The van der Waals surface area contributed by atoms with Crippen LogP contribution < -0.4 is 24.4 Å². The Balaban J connectivity index is 1.17. The third-order valence-electron chi connectivity index (χ3n) is 7.15. The normalized spacial score (nSPS) is 15.9. The Morgan fingerprint density at radius 2 is 1.57 bits per heavy atom. The van der Waals surface area contributed by atoms with E-state index in [4.69, 9.17) is 14.2 Å². The van der Waals surface area contributed by atoms with Gasteiger partial charge in [-0.15, -0.1) is 0 Å². The molecule has 5 rings (SSSR count). The Morgan fingerprint density at radius 1 is 0.864 bits per heavy atom. The SMILES string of the molecule is COc1ccccc1NC(=O)COc1ccc(/C=C2\SC(=O)N(CC(=O)N3CCN(c4ccccc4)CC3)C2=O)cc1OC. The van der Waals surface area contributed by atoms with Gasteiger partial charge in [-0.1, -0.05) is 36.4 Å². The van der Waals surface area contributed by atoms with Gasteiger partial charge in [0.15, 0.2) is 18.1 Å². The monoisotopic (exact) mass is 616 g/mol. The van der Waals surface area contributed by atoms with Crippen LogP contribution in [0.3, 0.4) is 0 Å². The highest BCUT2D eigenvalue weighted by molar-refractivity contribution is 8.18. The van der Waals surface area contributed by atoms with Crippen LogP contribution >= 0.6 is 11.8 Å². The molecule has 228 valence electrons. The quantitative estimate of drug-likeness (QED) is 0.336. The van der Waals surface area contributed by atoms with Crippen LogP contribution in [0.2, 0.25) is 0 Å². The fraction of sp³-hybridized carbons (Fsp3) is 0.250. The Morgan fingerprint density at radius 3 is 2.30 bits per heavy atom. The number of carbonyl (C=O) groups excluding carboxylic acids is 4. The van der Waals surface area contributed by atoms with E-state index in [1.54, 1.807) is 53.4 Å². The van der Waals surface area contributed by atoms with Gasteiger partial charge in [-0.05, 0) is 59.8 Å². The van der Waals surface area contributed by atoms with Gasteiger partial charge in [0.25, 0.3) is 17.1 Å². The topological polar surface area (TPSA) is 118 Å². The van der Waals surface area contributed by atoms with Gasteiger partial charge in [0.2, 0.25) is 5.91 Å². The molecule has 2 aliphatic heterocycles. The van der Waals surface area contributed by atoms with E-state index in [9.17, 15) is 19.2 Å². The first kappa shape index (κ1) is 30.5. The third-order valence-corrected chi connectivity index (χ3v) is 8.05. The highest BCUT2D eigenvalue weighted by Gasteiger charge is 2.37. The third kappa shape index (κ3) is 7.14. The first-order valence-corrected chi connectivity index (χ1v) is 14.7. The fourth-order valence-electron chi connectivity index (χ4n) is 4.85. The number of carbonyl (C=O) groups is 4. The van der Waals surface area contributed by atoms with Crippen molar-refractivity contribution in [3.63, 3.8) is 0 Å². The second-order valence-corrected chi connectivity index (χ2v) is 10.9. The van der Waals surface area contributed by atoms with Crippen molar-refractivity contribution in [3.8, 4) is 17.2 Å². The molecule has 0 spiro atoms. The minimum atomic E-state index is -0.524. The number of rotatable bonds is 10. The van der Waals surface area contributed by atoms with Gasteiger partial charge < -0.3 is 29.3 Å². The zero-order valence-electron chi connectivity index (χ0n) is 24.4. The summed E-state index contributed by atoms with van der Waals surface area (Å²) in [5, 5.41) is 2.24. The molecule has 0 bridgehead atoms. The van der Waals surface area contributed by atoms with Gasteiger partial charge >= 0.3 is 0 Å². The minimum absolute atomic E-state index is 0.198. The molecular formula is C32H32N4O7S. The number of hydrogen-bond donors (Lipinski definition) is 1. The lowest BCUT2D eigenvalue weighted by molar-refractivity contribution is -0.136. The van der Waals surface area contributed by atoms with Crippen LogP contribution in [0.4, 0.5) is 16.2 Å². The predicted octanol–water partition coefficient (Wildman–Crippen LogP) is 4.11. The van der Waals surface area contributed by atoms with E-state index in [0.29, 0.717) is 54.7 Å². The Kier molecular flexibility index (Phi) is 9.70. The molecule has 0 saturated carbocycles. The van der Waals surface area contributed by atoms with Crippen molar-refractivity contribution in [2.75, 3.05) is 63.8 Å². The Bertz CT molecular complexity index is 1570. The van der Waals surface area contributed by atoms with E-state index in [0.717, 1.165) is 22.3 Å². The van der Waals surface area contributed by atoms with Gasteiger partial charge in [0.1, 0.15) is 12.3 Å². The predicted molar refractivity (Wildman–Crippen MR) is 168 cm³/mol. The second-order valence-electron chi connectivity index (χ2n) is 9.92. The standard InChI is InChI=1S/C32H32N4O7S/c1-41-25-11-7-6-10-24(25)33-29(37)21-43-26-13-12-22(18-27(26)42-2)19-28-31(39)36(32(40)44-28)20-30(38)35-16-14-34(15-17-35)23-8-4-3-5-9-23/h3-13,18-19H,14-17,20-21H2,1-2H3,(H,33,37)/b28-19-. The largest absolute Gasteiger partial charge is 0.495 e. The molecule has 0 aliphatic carbocycles. The highest BCUT2D eigenvalue weighted by Crippen LogP contribution is 2.35. The van der Waals surface area contributed by atoms with Crippen molar-refractivity contribution < 1.29 is 33.4 Å². The summed E-state index contributed by atoms with van der Waals surface area (Å²) < 4.78 is 16.4. The van der Waals surface area contributed by atoms with E-state index in [2.05, 4.69) is 10.2 Å². The van der Waals surface area contributed by atoms with Gasteiger partial charge in [0.05, 0.1) is 24.8 Å². The van der Waals surface area contributed by atoms with Gasteiger partial charge in [0, 0.05) is 31.9 Å². The van der Waals surface area contributed by atoms with Gasteiger partial charge in [-0.25, -0.2) is 0 Å². The van der Waals surface area contributed by atoms with Gasteiger partial charge in [-0.3, -0.25) is 24.1 Å². The molecule has 3 aromatic carbocycles. The Labute approximate surface area is 259 Å². The first-order valence-electron chi connectivity index (χ1n) is 13.9. The number of para-hydroxylation sites is 3. The molecule has 0 aromatic heterocycles. The molecule has 3 aromatic rings. The molecule has 2 saturated heterocycles. The van der Waals surface area contributed by atoms with Crippen molar-refractivity contribution in [2.45, 2.75) is 0 Å². The van der Waals surface area contributed by atoms with Crippen LogP contribution in [0.25, 0.3) is 6.08 Å². The maximum atomic E-state index is 13.1. The number of imide groups is 1. The lowest BCUT2D eigenvalue weighted by Gasteiger charge is -2.36. The summed E-state index contributed by atoms with van der Waals surface area (Å²) in [5.74, 6) is 0.0155. The van der Waals surface area contributed by atoms with E-state index in [1.165, 1.54) is 14.2 Å². The molecule has 11 nitrogen and oxygen atoms in total. The summed E-state index contributed by atoms with van der Waals surface area (Å²) in [6.45, 7) is 1.78. The molecule has 0 unspecified atom stereocenters. The van der Waals surface area contributed by atoms with Gasteiger partial charge in [-0.2, -0.15) is 0 Å². The lowest BCUT2D eigenvalue weighted by atomic mass is 10.2. The minimum Gasteiger partial charge on any atom is -0.495 e. The molecule has 12 heteroatoms. The summed E-state index contributed by atoms with van der Waals surface area (Å²) in [6.07, 6.45) is 1.56. The zero-order chi connectivity index (χ0) is 31.1. The molecule has 2 aliphatic rings. The van der Waals surface area contributed by atoms with Crippen molar-refractivity contribution >= 4 is 52.2 Å². The Hall–Kier alpha value is -4.97. The molecule has 0 radical (unpaired) electrons. The summed E-state index contributed by atoms with van der Waals surface area (Å²) in [6, 6.07) is 21.9. The van der Waals surface area contributed by atoms with Crippen molar-refractivity contribution in [1.82, 2.24) is 9.80 Å². The van der Waals surface area contributed by atoms with E-state index in [1.807, 2.05) is 30.3 Å². The number of piperazine rings is 1. The number of benzene rings is 3. The maximum absolute atomic E-state index is 13.1. The number of thioether (sulfide) groups is 1. The number of amides is 4. The first-order chi connectivity index (χ1) is 21.4. The highest BCUT2D eigenvalue weighted by atomic mass is 32.2. The average molecular weight is 617 g/mol.